The Bertz CT molecular complexity index is 788. The Morgan fingerprint density at radius 3 is 2.21 bits per heavy atom. The van der Waals surface area contributed by atoms with Gasteiger partial charge in [0, 0.05) is 5.02 Å². The lowest BCUT2D eigenvalue weighted by Gasteiger charge is -2.13. The predicted octanol–water partition coefficient (Wildman–Crippen LogP) is 2.64. The van der Waals surface area contributed by atoms with Crippen molar-refractivity contribution in [3.63, 3.8) is 0 Å². The van der Waals surface area contributed by atoms with Crippen molar-refractivity contribution in [3.05, 3.63) is 58.6 Å². The van der Waals surface area contributed by atoms with E-state index in [0.717, 1.165) is 5.56 Å². The van der Waals surface area contributed by atoms with Gasteiger partial charge in [-0.15, -0.1) is 0 Å². The fraction of sp³-hybridized carbons (Fsp3) is 0.188. The molecule has 0 spiro atoms. The van der Waals surface area contributed by atoms with E-state index in [1.807, 2.05) is 0 Å². The highest BCUT2D eigenvalue weighted by molar-refractivity contribution is 7.50. The van der Waals surface area contributed by atoms with Crippen LogP contribution in [0.25, 0.3) is 11.1 Å². The van der Waals surface area contributed by atoms with Crippen molar-refractivity contribution in [2.75, 3.05) is 0 Å². The van der Waals surface area contributed by atoms with E-state index in [1.165, 1.54) is 0 Å². The molecule has 8 heteroatoms. The molecule has 2 rings (SSSR count). The standard InChI is InChI=1S/C16H17ClNO5P/c17-14-3-1-12(2-4-14)13-6-10(8-15(18)16(19)20)5-11(7-13)9-24(21,22)23/h1-7,15H,8-9,18H2,(H,19,20)(H2,21,22,23). The summed E-state index contributed by atoms with van der Waals surface area (Å²) in [5.41, 5.74) is 8.10. The van der Waals surface area contributed by atoms with Gasteiger partial charge in [0.15, 0.2) is 0 Å². The van der Waals surface area contributed by atoms with Crippen molar-refractivity contribution in [3.8, 4) is 11.1 Å². The second-order valence-corrected chi connectivity index (χ2v) is 7.60. The summed E-state index contributed by atoms with van der Waals surface area (Å²) in [5, 5.41) is 9.52. The summed E-state index contributed by atoms with van der Waals surface area (Å²) in [6.45, 7) is 0. The van der Waals surface area contributed by atoms with Crippen LogP contribution >= 0.6 is 19.2 Å². The van der Waals surface area contributed by atoms with Crippen molar-refractivity contribution in [1.29, 1.82) is 0 Å². The van der Waals surface area contributed by atoms with Gasteiger partial charge in [-0.2, -0.15) is 0 Å². The fourth-order valence-corrected chi connectivity index (χ4v) is 3.14. The number of rotatable bonds is 6. The number of carboxylic acid groups (broad SMARTS) is 1. The maximum absolute atomic E-state index is 11.3. The lowest BCUT2D eigenvalue weighted by atomic mass is 9.97. The van der Waals surface area contributed by atoms with Gasteiger partial charge < -0.3 is 20.6 Å². The summed E-state index contributed by atoms with van der Waals surface area (Å²) in [7, 11) is -4.25. The zero-order valence-corrected chi connectivity index (χ0v) is 14.2. The van der Waals surface area contributed by atoms with Crippen LogP contribution in [0, 0.1) is 0 Å². The quantitative estimate of drug-likeness (QED) is 0.581. The molecule has 0 aliphatic heterocycles. The molecule has 0 aliphatic rings. The largest absolute Gasteiger partial charge is 0.480 e. The van der Waals surface area contributed by atoms with Crippen LogP contribution in [0.3, 0.4) is 0 Å². The zero-order chi connectivity index (χ0) is 17.9. The van der Waals surface area contributed by atoms with Crippen molar-refractivity contribution in [2.45, 2.75) is 18.6 Å². The monoisotopic (exact) mass is 369 g/mol. The number of benzene rings is 2. The van der Waals surface area contributed by atoms with Crippen LogP contribution < -0.4 is 5.73 Å². The molecule has 0 heterocycles. The molecule has 2 aromatic carbocycles. The Hall–Kier alpha value is -1.69. The van der Waals surface area contributed by atoms with Gasteiger partial charge in [-0.1, -0.05) is 41.9 Å². The Kier molecular flexibility index (Phi) is 5.80. The van der Waals surface area contributed by atoms with Gasteiger partial charge >= 0.3 is 13.6 Å². The first kappa shape index (κ1) is 18.6. The summed E-state index contributed by atoms with van der Waals surface area (Å²) < 4.78 is 11.3. The maximum Gasteiger partial charge on any atom is 0.329 e. The average molecular weight is 370 g/mol. The normalized spacial score (nSPS) is 12.8. The second-order valence-electron chi connectivity index (χ2n) is 5.52. The summed E-state index contributed by atoms with van der Waals surface area (Å²) in [5.74, 6) is -1.14. The van der Waals surface area contributed by atoms with Gasteiger partial charge in [-0.3, -0.25) is 9.36 Å². The van der Waals surface area contributed by atoms with E-state index in [9.17, 15) is 19.1 Å². The molecule has 0 amide bonds. The van der Waals surface area contributed by atoms with Crippen LogP contribution in [0.1, 0.15) is 11.1 Å². The molecule has 5 N–H and O–H groups in total. The van der Waals surface area contributed by atoms with Crippen LogP contribution in [0.5, 0.6) is 0 Å². The summed E-state index contributed by atoms with van der Waals surface area (Å²) in [4.78, 5) is 29.4. The molecular formula is C16H17ClNO5P. The van der Waals surface area contributed by atoms with Crippen LogP contribution in [-0.2, 0) is 21.9 Å². The van der Waals surface area contributed by atoms with Gasteiger partial charge in [-0.05, 0) is 40.8 Å². The number of carboxylic acids is 1. The van der Waals surface area contributed by atoms with Crippen molar-refractivity contribution >= 4 is 25.2 Å². The lowest BCUT2D eigenvalue weighted by molar-refractivity contribution is -0.138. The lowest BCUT2D eigenvalue weighted by Crippen LogP contribution is -2.32. The minimum Gasteiger partial charge on any atom is -0.480 e. The van der Waals surface area contributed by atoms with Crippen molar-refractivity contribution in [1.82, 2.24) is 0 Å². The Labute approximate surface area is 144 Å². The van der Waals surface area contributed by atoms with E-state index < -0.39 is 25.8 Å². The molecule has 2 aromatic rings. The fourth-order valence-electron chi connectivity index (χ4n) is 2.36. The smallest absolute Gasteiger partial charge is 0.329 e. The molecule has 0 fully saturated rings. The topological polar surface area (TPSA) is 121 Å². The van der Waals surface area contributed by atoms with Gasteiger partial charge in [0.25, 0.3) is 0 Å². The third-order valence-electron chi connectivity index (χ3n) is 3.39. The van der Waals surface area contributed by atoms with Crippen LogP contribution in [0.4, 0.5) is 0 Å². The van der Waals surface area contributed by atoms with Crippen LogP contribution in [0.15, 0.2) is 42.5 Å². The van der Waals surface area contributed by atoms with Gasteiger partial charge in [0.1, 0.15) is 6.04 Å². The molecule has 24 heavy (non-hydrogen) atoms. The minimum absolute atomic E-state index is 0.0604. The molecule has 0 aliphatic carbocycles. The highest BCUT2D eigenvalue weighted by atomic mass is 35.5. The molecule has 1 unspecified atom stereocenters. The van der Waals surface area contributed by atoms with E-state index in [1.54, 1.807) is 42.5 Å². The Morgan fingerprint density at radius 1 is 1.08 bits per heavy atom. The third-order valence-corrected chi connectivity index (χ3v) is 4.42. The number of aliphatic carboxylic acids is 1. The first-order valence-corrected chi connectivity index (χ1v) is 9.23. The highest BCUT2D eigenvalue weighted by Gasteiger charge is 2.17. The van der Waals surface area contributed by atoms with Gasteiger partial charge in [0.2, 0.25) is 0 Å². The zero-order valence-electron chi connectivity index (χ0n) is 12.6. The van der Waals surface area contributed by atoms with E-state index >= 15 is 0 Å². The second kappa shape index (κ2) is 7.47. The molecule has 6 nitrogen and oxygen atoms in total. The number of hydrogen-bond donors (Lipinski definition) is 4. The molecule has 0 saturated heterocycles. The maximum atomic E-state index is 11.3. The average Bonchev–Trinajstić information content (AvgIpc) is 2.45. The van der Waals surface area contributed by atoms with E-state index in [2.05, 4.69) is 0 Å². The molecule has 0 radical (unpaired) electrons. The van der Waals surface area contributed by atoms with Crippen molar-refractivity contribution in [2.24, 2.45) is 5.73 Å². The van der Waals surface area contributed by atoms with Crippen LogP contribution in [-0.4, -0.2) is 26.9 Å². The van der Waals surface area contributed by atoms with Crippen molar-refractivity contribution < 1.29 is 24.3 Å². The number of hydrogen-bond acceptors (Lipinski definition) is 3. The van der Waals surface area contributed by atoms with Gasteiger partial charge in [0.05, 0.1) is 6.16 Å². The predicted molar refractivity (Wildman–Crippen MR) is 92.0 cm³/mol. The summed E-state index contributed by atoms with van der Waals surface area (Å²) >= 11 is 5.87. The Morgan fingerprint density at radius 2 is 1.67 bits per heavy atom. The van der Waals surface area contributed by atoms with E-state index in [4.69, 9.17) is 22.4 Å². The first-order valence-electron chi connectivity index (χ1n) is 7.06. The minimum atomic E-state index is -4.25. The number of halogens is 1. The molecule has 128 valence electrons. The van der Waals surface area contributed by atoms with E-state index in [-0.39, 0.29) is 6.42 Å². The molecular weight excluding hydrogens is 353 g/mol. The SMILES string of the molecule is NC(Cc1cc(CP(=O)(O)O)cc(-c2ccc(Cl)cc2)c1)C(=O)O. The third kappa shape index (κ3) is 5.44. The Balaban J connectivity index is 2.45. The first-order chi connectivity index (χ1) is 11.1. The summed E-state index contributed by atoms with van der Waals surface area (Å²) in [6.07, 6.45) is -0.366. The van der Waals surface area contributed by atoms with Crippen LogP contribution in [0.2, 0.25) is 5.02 Å². The van der Waals surface area contributed by atoms with E-state index in [0.29, 0.717) is 21.7 Å². The number of carbonyl (C=O) groups is 1. The molecule has 0 aromatic heterocycles. The summed E-state index contributed by atoms with van der Waals surface area (Å²) in [6, 6.07) is 10.9. The molecule has 0 bridgehead atoms. The highest BCUT2D eigenvalue weighted by Crippen LogP contribution is 2.40. The van der Waals surface area contributed by atoms with Gasteiger partial charge in [-0.25, -0.2) is 0 Å². The number of nitrogens with two attached hydrogens (primary N) is 1. The molecule has 1 atom stereocenters. The molecule has 0 saturated carbocycles.